The molecular formula is C22H23ClN2O2S. The number of hydrogen-bond donors (Lipinski definition) is 0. The first-order chi connectivity index (χ1) is 13.1. The highest BCUT2D eigenvalue weighted by Crippen LogP contribution is 2.40. The molecule has 0 aliphatic heterocycles. The van der Waals surface area contributed by atoms with Gasteiger partial charge in [0.25, 0.3) is 0 Å². The van der Waals surface area contributed by atoms with Gasteiger partial charge in [0.15, 0.2) is 0 Å². The van der Waals surface area contributed by atoms with Gasteiger partial charge in [-0.15, -0.1) is 0 Å². The highest BCUT2D eigenvalue weighted by atomic mass is 35.5. The van der Waals surface area contributed by atoms with Crippen molar-refractivity contribution in [2.75, 3.05) is 0 Å². The smallest absolute Gasteiger partial charge is 0.344 e. The van der Waals surface area contributed by atoms with Crippen molar-refractivity contribution in [2.24, 2.45) is 0 Å². The van der Waals surface area contributed by atoms with Crippen LogP contribution < -0.4 is 4.74 Å². The Kier molecular flexibility index (Phi) is 5.87. The molecule has 0 unspecified atom stereocenters. The number of carbonyl (C=O) groups excluding carboxylic acids is 1. The lowest BCUT2D eigenvalue weighted by Crippen LogP contribution is -2.25. The zero-order valence-corrected chi connectivity index (χ0v) is 18.2. The maximum absolute atomic E-state index is 12.8. The van der Waals surface area contributed by atoms with Gasteiger partial charge in [-0.05, 0) is 71.0 Å². The van der Waals surface area contributed by atoms with Crippen LogP contribution >= 0.6 is 23.4 Å². The second kappa shape index (κ2) is 8.02. The van der Waals surface area contributed by atoms with Crippen LogP contribution in [0, 0.1) is 13.8 Å². The molecule has 0 aliphatic rings. The second-order valence-electron chi connectivity index (χ2n) is 7.62. The number of carbonyl (C=O) groups is 1. The topological polar surface area (TPSA) is 44.1 Å². The van der Waals surface area contributed by atoms with Gasteiger partial charge in [-0.25, -0.2) is 9.48 Å². The summed E-state index contributed by atoms with van der Waals surface area (Å²) in [4.78, 5) is 14.6. The van der Waals surface area contributed by atoms with Crippen LogP contribution in [0.4, 0.5) is 0 Å². The third-order valence-electron chi connectivity index (χ3n) is 4.08. The quantitative estimate of drug-likeness (QED) is 0.471. The fraction of sp³-hybridized carbons (Fsp3) is 0.273. The zero-order chi connectivity index (χ0) is 20.5. The first-order valence-electron chi connectivity index (χ1n) is 8.97. The van der Waals surface area contributed by atoms with E-state index in [-0.39, 0.29) is 5.54 Å². The summed E-state index contributed by atoms with van der Waals surface area (Å²) >= 11 is 7.50. The van der Waals surface area contributed by atoms with E-state index in [1.54, 1.807) is 10.7 Å². The van der Waals surface area contributed by atoms with Crippen LogP contribution in [-0.4, -0.2) is 15.7 Å². The number of aromatic nitrogens is 2. The third kappa shape index (κ3) is 4.59. The Morgan fingerprint density at radius 3 is 2.39 bits per heavy atom. The van der Waals surface area contributed by atoms with Gasteiger partial charge in [0.1, 0.15) is 0 Å². The molecule has 0 fully saturated rings. The van der Waals surface area contributed by atoms with E-state index in [4.69, 9.17) is 16.3 Å². The number of rotatable bonds is 4. The summed E-state index contributed by atoms with van der Waals surface area (Å²) in [6.45, 7) is 9.95. The van der Waals surface area contributed by atoms with Crippen LogP contribution in [0.3, 0.4) is 0 Å². The SMILES string of the molecule is Cc1cccc(C(=O)Oc2c(Sc3ccc(Cl)cc3)c(C)nn2C(C)(C)C)c1. The number of nitrogens with zero attached hydrogens (tertiary/aromatic N) is 2. The van der Waals surface area contributed by atoms with Crippen LogP contribution in [-0.2, 0) is 5.54 Å². The van der Waals surface area contributed by atoms with Crippen LogP contribution in [0.25, 0.3) is 0 Å². The molecule has 0 saturated heterocycles. The molecule has 1 aromatic heterocycles. The van der Waals surface area contributed by atoms with Crippen molar-refractivity contribution in [3.8, 4) is 5.88 Å². The van der Waals surface area contributed by atoms with Crippen molar-refractivity contribution in [2.45, 2.75) is 49.9 Å². The molecule has 1 heterocycles. The molecule has 0 saturated carbocycles. The predicted molar refractivity (Wildman–Crippen MR) is 114 cm³/mol. The monoisotopic (exact) mass is 414 g/mol. The molecule has 0 atom stereocenters. The largest absolute Gasteiger partial charge is 0.403 e. The van der Waals surface area contributed by atoms with E-state index < -0.39 is 5.97 Å². The van der Waals surface area contributed by atoms with Crippen molar-refractivity contribution in [3.05, 3.63) is 70.4 Å². The fourth-order valence-corrected chi connectivity index (χ4v) is 3.73. The van der Waals surface area contributed by atoms with E-state index in [1.807, 2.05) is 77.1 Å². The van der Waals surface area contributed by atoms with Gasteiger partial charge >= 0.3 is 5.97 Å². The van der Waals surface area contributed by atoms with Gasteiger partial charge in [-0.2, -0.15) is 5.10 Å². The minimum Gasteiger partial charge on any atom is -0.403 e. The van der Waals surface area contributed by atoms with Crippen LogP contribution in [0.15, 0.2) is 58.3 Å². The summed E-state index contributed by atoms with van der Waals surface area (Å²) in [5, 5.41) is 5.33. The van der Waals surface area contributed by atoms with E-state index in [9.17, 15) is 4.79 Å². The van der Waals surface area contributed by atoms with Gasteiger partial charge in [0.2, 0.25) is 5.88 Å². The number of hydrogen-bond acceptors (Lipinski definition) is 4. The maximum atomic E-state index is 12.8. The van der Waals surface area contributed by atoms with Crippen LogP contribution in [0.1, 0.15) is 42.4 Å². The van der Waals surface area contributed by atoms with E-state index in [1.165, 1.54) is 11.8 Å². The number of esters is 1. The van der Waals surface area contributed by atoms with E-state index in [0.717, 1.165) is 21.0 Å². The molecule has 4 nitrogen and oxygen atoms in total. The highest BCUT2D eigenvalue weighted by Gasteiger charge is 2.27. The Balaban J connectivity index is 2.01. The Bertz CT molecular complexity index is 1000. The van der Waals surface area contributed by atoms with Crippen molar-refractivity contribution in [1.29, 1.82) is 0 Å². The summed E-state index contributed by atoms with van der Waals surface area (Å²) in [6, 6.07) is 14.9. The maximum Gasteiger partial charge on any atom is 0.344 e. The molecule has 28 heavy (non-hydrogen) atoms. The van der Waals surface area contributed by atoms with Crippen LogP contribution in [0.5, 0.6) is 5.88 Å². The van der Waals surface area contributed by atoms with Crippen molar-refractivity contribution < 1.29 is 9.53 Å². The molecule has 0 aliphatic carbocycles. The second-order valence-corrected chi connectivity index (χ2v) is 9.14. The standard InChI is InChI=1S/C22H23ClN2O2S/c1-14-7-6-8-16(13-14)21(26)27-20-19(15(2)24-25(20)22(3,4)5)28-18-11-9-17(23)10-12-18/h6-13H,1-5H3. The first-order valence-corrected chi connectivity index (χ1v) is 10.2. The van der Waals surface area contributed by atoms with Gasteiger partial charge < -0.3 is 4.74 Å². The normalized spacial score (nSPS) is 11.5. The molecule has 0 amide bonds. The van der Waals surface area contributed by atoms with Gasteiger partial charge in [-0.1, -0.05) is 41.1 Å². The number of aryl methyl sites for hydroxylation is 2. The fourth-order valence-electron chi connectivity index (χ4n) is 2.69. The molecule has 2 aromatic carbocycles. The summed E-state index contributed by atoms with van der Waals surface area (Å²) in [7, 11) is 0. The minimum atomic E-state index is -0.396. The number of halogens is 1. The molecule has 3 aromatic rings. The Labute approximate surface area is 174 Å². The van der Waals surface area contributed by atoms with E-state index >= 15 is 0 Å². The lowest BCUT2D eigenvalue weighted by atomic mass is 10.1. The minimum absolute atomic E-state index is 0.341. The van der Waals surface area contributed by atoms with Crippen molar-refractivity contribution in [3.63, 3.8) is 0 Å². The molecule has 3 rings (SSSR count). The van der Waals surface area contributed by atoms with Crippen molar-refractivity contribution >= 4 is 29.3 Å². The summed E-state index contributed by atoms with van der Waals surface area (Å²) in [5.41, 5.74) is 1.99. The number of ether oxygens (including phenoxy) is 1. The molecule has 0 spiro atoms. The average molecular weight is 415 g/mol. The van der Waals surface area contributed by atoms with Crippen LogP contribution in [0.2, 0.25) is 5.02 Å². The van der Waals surface area contributed by atoms with Crippen molar-refractivity contribution in [1.82, 2.24) is 9.78 Å². The number of benzene rings is 2. The van der Waals surface area contributed by atoms with Gasteiger partial charge in [0.05, 0.1) is 21.7 Å². The molecular weight excluding hydrogens is 392 g/mol. The lowest BCUT2D eigenvalue weighted by molar-refractivity contribution is 0.0704. The van der Waals surface area contributed by atoms with Gasteiger partial charge in [-0.3, -0.25) is 0 Å². The summed E-state index contributed by atoms with van der Waals surface area (Å²) in [5.74, 6) is 0.0588. The highest BCUT2D eigenvalue weighted by molar-refractivity contribution is 7.99. The third-order valence-corrected chi connectivity index (χ3v) is 5.51. The molecule has 146 valence electrons. The Morgan fingerprint density at radius 2 is 1.79 bits per heavy atom. The van der Waals surface area contributed by atoms with E-state index in [0.29, 0.717) is 16.5 Å². The lowest BCUT2D eigenvalue weighted by Gasteiger charge is -2.22. The predicted octanol–water partition coefficient (Wildman–Crippen LogP) is 6.28. The first kappa shape index (κ1) is 20.5. The Hall–Kier alpha value is -2.24. The average Bonchev–Trinajstić information content (AvgIpc) is 2.93. The van der Waals surface area contributed by atoms with Gasteiger partial charge in [0, 0.05) is 9.92 Å². The summed E-state index contributed by atoms with van der Waals surface area (Å²) in [6.07, 6.45) is 0. The van der Waals surface area contributed by atoms with E-state index in [2.05, 4.69) is 5.10 Å². The molecule has 6 heteroatoms. The molecule has 0 bridgehead atoms. The zero-order valence-electron chi connectivity index (χ0n) is 16.6. The molecule has 0 N–H and O–H groups in total. The Morgan fingerprint density at radius 1 is 1.11 bits per heavy atom. The summed E-state index contributed by atoms with van der Waals surface area (Å²) < 4.78 is 7.65. The molecule has 0 radical (unpaired) electrons.